The summed E-state index contributed by atoms with van der Waals surface area (Å²) >= 11 is 1.37. The molecule has 1 fully saturated rings. The van der Waals surface area contributed by atoms with E-state index < -0.39 is 12.3 Å². The van der Waals surface area contributed by atoms with Crippen molar-refractivity contribution in [1.29, 1.82) is 0 Å². The Hall–Kier alpha value is -3.53. The van der Waals surface area contributed by atoms with Crippen LogP contribution in [-0.4, -0.2) is 33.0 Å². The number of rotatable bonds is 9. The molecule has 3 aromatic carbocycles. The highest BCUT2D eigenvalue weighted by molar-refractivity contribution is 7.99. The highest BCUT2D eigenvalue weighted by Gasteiger charge is 2.32. The number of nitrogens with two attached hydrogens (primary N) is 1. The van der Waals surface area contributed by atoms with Gasteiger partial charge in [0.1, 0.15) is 5.03 Å². The van der Waals surface area contributed by atoms with Gasteiger partial charge in [0.25, 0.3) is 0 Å². The number of carboxylic acid groups (broad SMARTS) is 1. The lowest BCUT2D eigenvalue weighted by molar-refractivity contribution is -0.245. The van der Waals surface area contributed by atoms with Gasteiger partial charge in [0, 0.05) is 30.5 Å². The maximum atomic E-state index is 11.7. The van der Waals surface area contributed by atoms with E-state index in [1.54, 1.807) is 18.3 Å². The van der Waals surface area contributed by atoms with Gasteiger partial charge in [0.15, 0.2) is 6.29 Å². The Balaban J connectivity index is 1.41. The van der Waals surface area contributed by atoms with E-state index in [1.807, 2.05) is 48.5 Å². The van der Waals surface area contributed by atoms with Crippen LogP contribution in [0.4, 0.5) is 0 Å². The van der Waals surface area contributed by atoms with Crippen LogP contribution in [0.15, 0.2) is 96.2 Å². The molecule has 4 aromatic rings. The smallest absolute Gasteiger partial charge is 0.338 e. The minimum absolute atomic E-state index is 0.0229. The number of aliphatic hydroxyl groups excluding tert-OH is 1. The lowest BCUT2D eigenvalue weighted by atomic mass is 9.99. The maximum absolute atomic E-state index is 11.7. The Bertz CT molecular complexity index is 1430. The van der Waals surface area contributed by atoms with Crippen molar-refractivity contribution < 1.29 is 24.5 Å². The van der Waals surface area contributed by atoms with Crippen molar-refractivity contribution in [2.45, 2.75) is 43.1 Å². The number of aliphatic hydroxyl groups is 1. The summed E-state index contributed by atoms with van der Waals surface area (Å²) in [5.74, 6) is -0.491. The van der Waals surface area contributed by atoms with Crippen molar-refractivity contribution in [1.82, 2.24) is 4.98 Å². The van der Waals surface area contributed by atoms with E-state index in [4.69, 9.17) is 15.2 Å². The second-order valence-corrected chi connectivity index (χ2v) is 10.4. The van der Waals surface area contributed by atoms with E-state index in [0.717, 1.165) is 33.4 Å². The average molecular weight is 543 g/mol. The molecule has 3 unspecified atom stereocenters. The van der Waals surface area contributed by atoms with Crippen molar-refractivity contribution in [3.05, 3.63) is 119 Å². The molecule has 4 N–H and O–H groups in total. The normalized spacial score (nSPS) is 19.1. The number of benzene rings is 3. The number of hydrogen-bond acceptors (Lipinski definition) is 7. The molecule has 2 heterocycles. The van der Waals surface area contributed by atoms with Crippen LogP contribution in [0.2, 0.25) is 0 Å². The van der Waals surface area contributed by atoms with Crippen molar-refractivity contribution in [2.75, 3.05) is 5.75 Å². The maximum Gasteiger partial charge on any atom is 0.338 e. The van der Waals surface area contributed by atoms with Crippen LogP contribution >= 0.6 is 11.8 Å². The second-order valence-electron chi connectivity index (χ2n) is 9.35. The van der Waals surface area contributed by atoms with Gasteiger partial charge in [0.05, 0.1) is 24.4 Å². The molecule has 5 rings (SSSR count). The van der Waals surface area contributed by atoms with Gasteiger partial charge in [-0.15, -0.1) is 11.8 Å². The minimum Gasteiger partial charge on any atom is -0.478 e. The largest absolute Gasteiger partial charge is 0.478 e. The number of aromatic carboxylic acids is 1. The van der Waals surface area contributed by atoms with Crippen LogP contribution in [0.1, 0.15) is 51.4 Å². The summed E-state index contributed by atoms with van der Waals surface area (Å²) in [6.45, 7) is 0.448. The van der Waals surface area contributed by atoms with E-state index in [9.17, 15) is 15.0 Å². The first-order chi connectivity index (χ1) is 19.0. The minimum atomic E-state index is -1.01. The molecule has 7 nitrogen and oxygen atoms in total. The fraction of sp³-hybridized carbons (Fsp3) is 0.226. The second kappa shape index (κ2) is 12.5. The first kappa shape index (κ1) is 27.1. The van der Waals surface area contributed by atoms with Gasteiger partial charge in [0.2, 0.25) is 0 Å². The molecule has 0 aliphatic carbocycles. The number of carboxylic acids is 1. The lowest BCUT2D eigenvalue weighted by Crippen LogP contribution is -2.31. The molecule has 0 saturated carbocycles. The predicted molar refractivity (Wildman–Crippen MR) is 150 cm³/mol. The Morgan fingerprint density at radius 1 is 0.923 bits per heavy atom. The number of carbonyl (C=O) groups is 1. The third-order valence-corrected chi connectivity index (χ3v) is 7.81. The molecule has 1 aliphatic rings. The standard InChI is InChI=1S/C31H30N2O5S/c32-17-21-4-1-5-23(14-21)24-6-2-7-25(15-24)31-37-26(19-39-29-27(30(35)36)8-3-13-33-29)16-28(38-31)22-11-9-20(18-34)10-12-22/h1-15,26,28,31,34H,16-19,32H2,(H,35,36). The van der Waals surface area contributed by atoms with Crippen LogP contribution in [0.25, 0.3) is 11.1 Å². The summed E-state index contributed by atoms with van der Waals surface area (Å²) in [5, 5.41) is 19.5. The van der Waals surface area contributed by atoms with E-state index in [0.29, 0.717) is 23.7 Å². The Morgan fingerprint density at radius 3 is 2.44 bits per heavy atom. The van der Waals surface area contributed by atoms with Crippen LogP contribution in [0.3, 0.4) is 0 Å². The molecule has 0 radical (unpaired) electrons. The van der Waals surface area contributed by atoms with E-state index in [1.165, 1.54) is 11.8 Å². The van der Waals surface area contributed by atoms with Gasteiger partial charge in [-0.05, 0) is 52.1 Å². The summed E-state index contributed by atoms with van der Waals surface area (Å²) in [6, 6.07) is 27.2. The zero-order chi connectivity index (χ0) is 27.2. The zero-order valence-corrected chi connectivity index (χ0v) is 22.1. The number of nitrogens with zero attached hydrogens (tertiary/aromatic N) is 1. The molecule has 3 atom stereocenters. The molecule has 0 bridgehead atoms. The van der Waals surface area contributed by atoms with Gasteiger partial charge in [-0.1, -0.05) is 60.7 Å². The van der Waals surface area contributed by atoms with Crippen molar-refractivity contribution >= 4 is 17.7 Å². The van der Waals surface area contributed by atoms with Crippen LogP contribution in [-0.2, 0) is 22.6 Å². The molecule has 8 heteroatoms. The highest BCUT2D eigenvalue weighted by Crippen LogP contribution is 2.40. The number of hydrogen-bond donors (Lipinski definition) is 3. The summed E-state index contributed by atoms with van der Waals surface area (Å²) in [4.78, 5) is 15.9. The fourth-order valence-corrected chi connectivity index (χ4v) is 5.61. The monoisotopic (exact) mass is 542 g/mol. The molecule has 0 amide bonds. The van der Waals surface area contributed by atoms with Crippen molar-refractivity contribution in [2.24, 2.45) is 5.73 Å². The lowest BCUT2D eigenvalue weighted by Gasteiger charge is -2.36. The SMILES string of the molecule is NCc1cccc(-c2cccc(C3OC(CSc4ncccc4C(=O)O)CC(c4ccc(CO)cc4)O3)c2)c1. The first-order valence-corrected chi connectivity index (χ1v) is 13.7. The van der Waals surface area contributed by atoms with Crippen LogP contribution in [0, 0.1) is 0 Å². The molecule has 0 spiro atoms. The van der Waals surface area contributed by atoms with E-state index >= 15 is 0 Å². The molecular weight excluding hydrogens is 512 g/mol. The van der Waals surface area contributed by atoms with Gasteiger partial charge in [-0.3, -0.25) is 0 Å². The molecule has 1 aromatic heterocycles. The third kappa shape index (κ3) is 6.55. The number of thioether (sulfide) groups is 1. The zero-order valence-electron chi connectivity index (χ0n) is 21.3. The van der Waals surface area contributed by atoms with Crippen molar-refractivity contribution in [3.8, 4) is 11.1 Å². The molecule has 1 aliphatic heterocycles. The fourth-order valence-electron chi connectivity index (χ4n) is 4.61. The molecular formula is C31H30N2O5S. The average Bonchev–Trinajstić information content (AvgIpc) is 3.00. The summed E-state index contributed by atoms with van der Waals surface area (Å²) < 4.78 is 12.9. The molecule has 1 saturated heterocycles. The van der Waals surface area contributed by atoms with E-state index in [-0.39, 0.29) is 24.4 Å². The summed E-state index contributed by atoms with van der Waals surface area (Å²) in [6.07, 6.45) is 1.11. The number of aromatic nitrogens is 1. The number of pyridine rings is 1. The summed E-state index contributed by atoms with van der Waals surface area (Å²) in [7, 11) is 0. The first-order valence-electron chi connectivity index (χ1n) is 12.7. The summed E-state index contributed by atoms with van der Waals surface area (Å²) in [5.41, 5.74) is 11.9. The quantitative estimate of drug-likeness (QED) is 0.230. The van der Waals surface area contributed by atoms with Gasteiger partial charge >= 0.3 is 5.97 Å². The molecule has 39 heavy (non-hydrogen) atoms. The molecule has 200 valence electrons. The van der Waals surface area contributed by atoms with Gasteiger partial charge in [-0.25, -0.2) is 9.78 Å². The Morgan fingerprint density at radius 2 is 1.69 bits per heavy atom. The number of ether oxygens (including phenoxy) is 2. The Kier molecular flexibility index (Phi) is 8.71. The third-order valence-electron chi connectivity index (χ3n) is 6.68. The van der Waals surface area contributed by atoms with Crippen molar-refractivity contribution in [3.63, 3.8) is 0 Å². The van der Waals surface area contributed by atoms with Gasteiger partial charge < -0.3 is 25.4 Å². The van der Waals surface area contributed by atoms with Crippen LogP contribution < -0.4 is 5.73 Å². The Labute approximate surface area is 231 Å². The predicted octanol–water partition coefficient (Wildman–Crippen LogP) is 5.74. The van der Waals surface area contributed by atoms with Crippen LogP contribution in [0.5, 0.6) is 0 Å². The topological polar surface area (TPSA) is 115 Å². The van der Waals surface area contributed by atoms with Gasteiger partial charge in [-0.2, -0.15) is 0 Å². The van der Waals surface area contributed by atoms with E-state index in [2.05, 4.69) is 29.2 Å². The highest BCUT2D eigenvalue weighted by atomic mass is 32.2.